The summed E-state index contributed by atoms with van der Waals surface area (Å²) in [6.45, 7) is 3.28. The summed E-state index contributed by atoms with van der Waals surface area (Å²) in [6.07, 6.45) is 0.762. The number of ether oxygens (including phenoxy) is 1. The number of carbonyl (C=O) groups is 2. The molecular formula is C29H27FN4O3. The standard InChI is InChI=1S/C29H27FN4O3/c1-19(35)33-17-25-18-34(29(36)37-25)24-9-10-26(27(30)14-24)22-7-4-20(5-8-22)15-31-16-21-6-11-28-23(13-21)3-2-12-32-28/h2-14,25,31H,15-18H2,1H3,(H,33,35)/t25-/m0/s1. The first-order chi connectivity index (χ1) is 18.0. The van der Waals surface area contributed by atoms with Gasteiger partial charge in [0.05, 0.1) is 24.3 Å². The van der Waals surface area contributed by atoms with Crippen molar-refractivity contribution in [3.05, 3.63) is 95.9 Å². The average Bonchev–Trinajstić information content (AvgIpc) is 3.28. The number of halogens is 1. The van der Waals surface area contributed by atoms with Gasteiger partial charge in [-0.15, -0.1) is 0 Å². The van der Waals surface area contributed by atoms with E-state index in [1.165, 1.54) is 23.5 Å². The molecule has 0 saturated carbocycles. The molecule has 0 aliphatic carbocycles. The van der Waals surface area contributed by atoms with Crippen molar-refractivity contribution in [1.82, 2.24) is 15.6 Å². The van der Waals surface area contributed by atoms with E-state index in [-0.39, 0.29) is 19.0 Å². The smallest absolute Gasteiger partial charge is 0.414 e. The highest BCUT2D eigenvalue weighted by Gasteiger charge is 2.32. The first kappa shape index (κ1) is 24.4. The van der Waals surface area contributed by atoms with Crippen molar-refractivity contribution < 1.29 is 18.7 Å². The molecule has 4 aromatic rings. The maximum Gasteiger partial charge on any atom is 0.414 e. The maximum atomic E-state index is 15.0. The Morgan fingerprint density at radius 2 is 1.84 bits per heavy atom. The number of benzene rings is 3. The summed E-state index contributed by atoms with van der Waals surface area (Å²) in [5, 5.41) is 7.19. The number of cyclic esters (lactones) is 1. The minimum Gasteiger partial charge on any atom is -0.442 e. The number of nitrogens with one attached hydrogen (secondary N) is 2. The van der Waals surface area contributed by atoms with Gasteiger partial charge in [0.15, 0.2) is 0 Å². The molecule has 1 aliphatic heterocycles. The summed E-state index contributed by atoms with van der Waals surface area (Å²) in [6, 6.07) is 22.7. The molecule has 2 amide bonds. The third-order valence-electron chi connectivity index (χ3n) is 6.31. The Balaban J connectivity index is 1.19. The summed E-state index contributed by atoms with van der Waals surface area (Å²) >= 11 is 0. The first-order valence-corrected chi connectivity index (χ1v) is 12.1. The van der Waals surface area contributed by atoms with Crippen molar-refractivity contribution >= 4 is 28.6 Å². The van der Waals surface area contributed by atoms with Crippen LogP contribution in [0.1, 0.15) is 18.1 Å². The second kappa shape index (κ2) is 10.8. The van der Waals surface area contributed by atoms with E-state index in [1.54, 1.807) is 18.3 Å². The van der Waals surface area contributed by atoms with Crippen LogP contribution in [0.15, 0.2) is 79.0 Å². The molecule has 1 atom stereocenters. The SMILES string of the molecule is CC(=O)NC[C@H]1CN(c2ccc(-c3ccc(CNCc4ccc5ncccc5c4)cc3)c(F)c2)C(=O)O1. The van der Waals surface area contributed by atoms with Crippen LogP contribution in [-0.2, 0) is 22.6 Å². The van der Waals surface area contributed by atoms with E-state index >= 15 is 4.39 Å². The van der Waals surface area contributed by atoms with Crippen LogP contribution < -0.4 is 15.5 Å². The number of rotatable bonds is 8. The number of fused-ring (bicyclic) bond motifs is 1. The zero-order valence-electron chi connectivity index (χ0n) is 20.4. The lowest BCUT2D eigenvalue weighted by Gasteiger charge is -2.15. The maximum absolute atomic E-state index is 15.0. The van der Waals surface area contributed by atoms with Crippen LogP contribution in [0, 0.1) is 5.82 Å². The Morgan fingerprint density at radius 1 is 1.05 bits per heavy atom. The Labute approximate surface area is 214 Å². The molecule has 1 aliphatic rings. The van der Waals surface area contributed by atoms with Crippen molar-refractivity contribution in [3.8, 4) is 11.1 Å². The van der Waals surface area contributed by atoms with Crippen molar-refractivity contribution in [3.63, 3.8) is 0 Å². The number of hydrogen-bond donors (Lipinski definition) is 2. The van der Waals surface area contributed by atoms with Crippen molar-refractivity contribution in [2.75, 3.05) is 18.0 Å². The Bertz CT molecular complexity index is 1440. The molecule has 0 spiro atoms. The number of aromatic nitrogens is 1. The monoisotopic (exact) mass is 498 g/mol. The van der Waals surface area contributed by atoms with Crippen LogP contribution >= 0.6 is 0 Å². The number of anilines is 1. The second-order valence-corrected chi connectivity index (χ2v) is 9.05. The van der Waals surface area contributed by atoms with E-state index in [0.29, 0.717) is 17.8 Å². The molecule has 188 valence electrons. The van der Waals surface area contributed by atoms with E-state index in [1.807, 2.05) is 36.4 Å². The van der Waals surface area contributed by atoms with Crippen LogP contribution in [0.25, 0.3) is 22.0 Å². The van der Waals surface area contributed by atoms with Crippen LogP contribution in [0.4, 0.5) is 14.9 Å². The fourth-order valence-corrected chi connectivity index (χ4v) is 4.39. The Morgan fingerprint density at radius 3 is 2.62 bits per heavy atom. The van der Waals surface area contributed by atoms with E-state index in [2.05, 4.69) is 33.8 Å². The topological polar surface area (TPSA) is 83.6 Å². The number of hydrogen-bond acceptors (Lipinski definition) is 5. The summed E-state index contributed by atoms with van der Waals surface area (Å²) in [5.41, 5.74) is 4.88. The molecule has 0 unspecified atom stereocenters. The van der Waals surface area contributed by atoms with Crippen molar-refractivity contribution in [2.45, 2.75) is 26.1 Å². The lowest BCUT2D eigenvalue weighted by Crippen LogP contribution is -2.33. The van der Waals surface area contributed by atoms with Crippen LogP contribution in [-0.4, -0.2) is 36.2 Å². The molecule has 0 radical (unpaired) electrons. The van der Waals surface area contributed by atoms with Gasteiger partial charge in [0, 0.05) is 37.2 Å². The third kappa shape index (κ3) is 5.76. The number of nitrogens with zero attached hydrogens (tertiary/aromatic N) is 2. The third-order valence-corrected chi connectivity index (χ3v) is 6.31. The molecule has 37 heavy (non-hydrogen) atoms. The summed E-state index contributed by atoms with van der Waals surface area (Å²) < 4.78 is 20.3. The van der Waals surface area contributed by atoms with Gasteiger partial charge in [-0.3, -0.25) is 14.7 Å². The highest BCUT2D eigenvalue weighted by Crippen LogP contribution is 2.29. The van der Waals surface area contributed by atoms with Gasteiger partial charge in [0.2, 0.25) is 5.91 Å². The van der Waals surface area contributed by atoms with Crippen LogP contribution in [0.2, 0.25) is 0 Å². The Hall–Kier alpha value is -4.30. The summed E-state index contributed by atoms with van der Waals surface area (Å²) in [4.78, 5) is 29.1. The fraction of sp³-hybridized carbons (Fsp3) is 0.207. The van der Waals surface area contributed by atoms with Gasteiger partial charge in [-0.25, -0.2) is 9.18 Å². The minimum atomic E-state index is -0.556. The molecule has 8 heteroatoms. The molecular weight excluding hydrogens is 471 g/mol. The molecule has 3 aromatic carbocycles. The highest BCUT2D eigenvalue weighted by atomic mass is 19.1. The molecule has 5 rings (SSSR count). The Kier molecular flexibility index (Phi) is 7.09. The molecule has 1 aromatic heterocycles. The molecule has 1 fully saturated rings. The zero-order valence-corrected chi connectivity index (χ0v) is 20.4. The van der Waals surface area contributed by atoms with Crippen molar-refractivity contribution in [1.29, 1.82) is 0 Å². The molecule has 2 heterocycles. The predicted molar refractivity (Wildman–Crippen MR) is 140 cm³/mol. The van der Waals surface area contributed by atoms with Gasteiger partial charge < -0.3 is 15.4 Å². The van der Waals surface area contributed by atoms with Gasteiger partial charge in [0.1, 0.15) is 11.9 Å². The van der Waals surface area contributed by atoms with Gasteiger partial charge in [-0.05, 0) is 53.1 Å². The predicted octanol–water partition coefficient (Wildman–Crippen LogP) is 4.79. The summed E-state index contributed by atoms with van der Waals surface area (Å²) in [7, 11) is 0. The first-order valence-electron chi connectivity index (χ1n) is 12.1. The highest BCUT2D eigenvalue weighted by molar-refractivity contribution is 5.90. The average molecular weight is 499 g/mol. The molecule has 7 nitrogen and oxygen atoms in total. The fourth-order valence-electron chi connectivity index (χ4n) is 4.39. The molecule has 0 bridgehead atoms. The normalized spacial score (nSPS) is 15.1. The van der Waals surface area contributed by atoms with Gasteiger partial charge >= 0.3 is 6.09 Å². The number of carbonyl (C=O) groups excluding carboxylic acids is 2. The largest absolute Gasteiger partial charge is 0.442 e. The zero-order chi connectivity index (χ0) is 25.8. The second-order valence-electron chi connectivity index (χ2n) is 9.05. The van der Waals surface area contributed by atoms with Crippen molar-refractivity contribution in [2.24, 2.45) is 0 Å². The van der Waals surface area contributed by atoms with Gasteiger partial charge in [-0.2, -0.15) is 0 Å². The van der Waals surface area contributed by atoms with Crippen LogP contribution in [0.3, 0.4) is 0 Å². The number of amides is 2. The van der Waals surface area contributed by atoms with E-state index in [9.17, 15) is 9.59 Å². The quantitative estimate of drug-likeness (QED) is 0.365. The molecule has 2 N–H and O–H groups in total. The van der Waals surface area contributed by atoms with E-state index in [4.69, 9.17) is 4.74 Å². The van der Waals surface area contributed by atoms with Crippen LogP contribution in [0.5, 0.6) is 0 Å². The van der Waals surface area contributed by atoms with E-state index in [0.717, 1.165) is 28.6 Å². The number of pyridine rings is 1. The molecule has 1 saturated heterocycles. The van der Waals surface area contributed by atoms with Gasteiger partial charge in [-0.1, -0.05) is 36.4 Å². The minimum absolute atomic E-state index is 0.200. The lowest BCUT2D eigenvalue weighted by atomic mass is 10.0. The lowest BCUT2D eigenvalue weighted by molar-refractivity contribution is -0.119. The summed E-state index contributed by atoms with van der Waals surface area (Å²) in [5.74, 6) is -0.623. The van der Waals surface area contributed by atoms with Gasteiger partial charge in [0.25, 0.3) is 0 Å². The van der Waals surface area contributed by atoms with E-state index < -0.39 is 18.0 Å².